The second-order valence-electron chi connectivity index (χ2n) is 5.95. The third-order valence-electron chi connectivity index (χ3n) is 3.74. The molecule has 138 valence electrons. The van der Waals surface area contributed by atoms with Gasteiger partial charge < -0.3 is 9.84 Å². The van der Waals surface area contributed by atoms with Crippen LogP contribution in [0.1, 0.15) is 31.0 Å². The van der Waals surface area contributed by atoms with Crippen molar-refractivity contribution < 1.29 is 19.4 Å². The summed E-state index contributed by atoms with van der Waals surface area (Å²) >= 11 is 12.1. The first-order chi connectivity index (χ1) is 12.3. The van der Waals surface area contributed by atoms with Crippen LogP contribution in [-0.2, 0) is 16.1 Å². The molecule has 1 N–H and O–H groups in total. The third kappa shape index (κ3) is 4.90. The molecular formula is C19H19Cl2NO4. The Bertz CT molecular complexity index is 780. The van der Waals surface area contributed by atoms with Crippen molar-refractivity contribution in [3.05, 3.63) is 69.7 Å². The van der Waals surface area contributed by atoms with Crippen molar-refractivity contribution in [1.82, 2.24) is 4.90 Å². The van der Waals surface area contributed by atoms with Gasteiger partial charge >= 0.3 is 12.1 Å². The van der Waals surface area contributed by atoms with Crippen LogP contribution in [0.25, 0.3) is 0 Å². The SMILES string of the molecule is CC(C)N(C(=O)OCc1ccccc1)C(C(=O)O)c1cc(Cl)ccc1Cl. The van der Waals surface area contributed by atoms with E-state index < -0.39 is 24.1 Å². The van der Waals surface area contributed by atoms with Crippen LogP contribution in [-0.4, -0.2) is 28.1 Å². The van der Waals surface area contributed by atoms with Gasteiger partial charge in [-0.15, -0.1) is 0 Å². The van der Waals surface area contributed by atoms with Crippen LogP contribution in [0.4, 0.5) is 4.79 Å². The number of rotatable bonds is 6. The number of ether oxygens (including phenoxy) is 1. The van der Waals surface area contributed by atoms with Gasteiger partial charge in [0.1, 0.15) is 6.61 Å². The standard InChI is InChI=1S/C19H19Cl2NO4/c1-12(2)22(19(25)26-11-13-6-4-3-5-7-13)17(18(23)24)15-10-14(20)8-9-16(15)21/h3-10,12,17H,11H2,1-2H3,(H,23,24). The van der Waals surface area contributed by atoms with E-state index in [1.165, 1.54) is 12.1 Å². The summed E-state index contributed by atoms with van der Waals surface area (Å²) in [6.45, 7) is 3.45. The maximum Gasteiger partial charge on any atom is 0.411 e. The van der Waals surface area contributed by atoms with Crippen LogP contribution in [0.2, 0.25) is 10.0 Å². The van der Waals surface area contributed by atoms with Gasteiger partial charge in [-0.1, -0.05) is 53.5 Å². The van der Waals surface area contributed by atoms with Crippen molar-refractivity contribution in [2.24, 2.45) is 0 Å². The minimum absolute atomic E-state index is 0.0402. The Balaban J connectivity index is 2.30. The first-order valence-electron chi connectivity index (χ1n) is 7.98. The molecule has 1 atom stereocenters. The molecule has 2 rings (SSSR count). The highest BCUT2D eigenvalue weighted by Gasteiger charge is 2.35. The minimum atomic E-state index is -1.32. The number of halogens is 2. The Morgan fingerprint density at radius 2 is 1.77 bits per heavy atom. The number of carbonyl (C=O) groups is 2. The predicted molar refractivity (Wildman–Crippen MR) is 100 cm³/mol. The number of carboxylic acid groups (broad SMARTS) is 1. The Morgan fingerprint density at radius 3 is 2.35 bits per heavy atom. The molecule has 26 heavy (non-hydrogen) atoms. The lowest BCUT2D eigenvalue weighted by Crippen LogP contribution is -2.43. The van der Waals surface area contributed by atoms with Gasteiger partial charge in [-0.05, 0) is 37.6 Å². The predicted octanol–water partition coefficient (Wildman–Crippen LogP) is 5.17. The van der Waals surface area contributed by atoms with E-state index in [4.69, 9.17) is 27.9 Å². The molecule has 1 amide bonds. The average molecular weight is 396 g/mol. The number of benzene rings is 2. The summed E-state index contributed by atoms with van der Waals surface area (Å²) in [5.74, 6) is -1.22. The summed E-state index contributed by atoms with van der Waals surface area (Å²) in [6, 6.07) is 11.9. The fraction of sp³-hybridized carbons (Fsp3) is 0.263. The van der Waals surface area contributed by atoms with Gasteiger partial charge in [0, 0.05) is 21.7 Å². The van der Waals surface area contributed by atoms with E-state index >= 15 is 0 Å². The van der Waals surface area contributed by atoms with Crippen molar-refractivity contribution in [3.8, 4) is 0 Å². The van der Waals surface area contributed by atoms with Crippen LogP contribution in [0.3, 0.4) is 0 Å². The molecule has 0 aliphatic carbocycles. The molecule has 0 aromatic heterocycles. The van der Waals surface area contributed by atoms with Gasteiger partial charge in [0.05, 0.1) is 0 Å². The maximum absolute atomic E-state index is 12.6. The maximum atomic E-state index is 12.6. The van der Waals surface area contributed by atoms with Crippen LogP contribution >= 0.6 is 23.2 Å². The smallest absolute Gasteiger partial charge is 0.411 e. The summed E-state index contributed by atoms with van der Waals surface area (Å²) < 4.78 is 5.32. The number of nitrogens with zero attached hydrogens (tertiary/aromatic N) is 1. The molecule has 0 saturated carbocycles. The minimum Gasteiger partial charge on any atom is -0.479 e. The number of amides is 1. The Labute approximate surface area is 162 Å². The fourth-order valence-electron chi connectivity index (χ4n) is 2.53. The molecular weight excluding hydrogens is 377 g/mol. The largest absolute Gasteiger partial charge is 0.479 e. The molecule has 2 aromatic carbocycles. The Kier molecular flexibility index (Phi) is 6.89. The first kappa shape index (κ1) is 20.1. The molecule has 7 heteroatoms. The van der Waals surface area contributed by atoms with Crippen molar-refractivity contribution in [1.29, 1.82) is 0 Å². The van der Waals surface area contributed by atoms with Crippen molar-refractivity contribution in [3.63, 3.8) is 0 Å². The Morgan fingerprint density at radius 1 is 1.12 bits per heavy atom. The number of hydrogen-bond acceptors (Lipinski definition) is 3. The normalized spacial score (nSPS) is 11.9. The molecule has 0 heterocycles. The second-order valence-corrected chi connectivity index (χ2v) is 6.79. The highest BCUT2D eigenvalue weighted by Crippen LogP contribution is 2.32. The number of hydrogen-bond donors (Lipinski definition) is 1. The van der Waals surface area contributed by atoms with E-state index in [1.807, 2.05) is 30.3 Å². The van der Waals surface area contributed by atoms with E-state index in [0.29, 0.717) is 5.02 Å². The van der Waals surface area contributed by atoms with E-state index in [1.54, 1.807) is 19.9 Å². The van der Waals surface area contributed by atoms with Gasteiger partial charge in [0.25, 0.3) is 0 Å². The quantitative estimate of drug-likeness (QED) is 0.732. The van der Waals surface area contributed by atoms with E-state index in [-0.39, 0.29) is 17.2 Å². The number of carbonyl (C=O) groups excluding carboxylic acids is 1. The van der Waals surface area contributed by atoms with Gasteiger partial charge in [-0.3, -0.25) is 4.90 Å². The Hall–Kier alpha value is -2.24. The number of carboxylic acids is 1. The summed E-state index contributed by atoms with van der Waals surface area (Å²) in [5.41, 5.74) is 1.04. The lowest BCUT2D eigenvalue weighted by Gasteiger charge is -2.32. The van der Waals surface area contributed by atoms with Gasteiger partial charge in [0.15, 0.2) is 6.04 Å². The molecule has 5 nitrogen and oxygen atoms in total. The summed E-state index contributed by atoms with van der Waals surface area (Å²) in [5, 5.41) is 10.3. The van der Waals surface area contributed by atoms with E-state index in [2.05, 4.69) is 0 Å². The lowest BCUT2D eigenvalue weighted by molar-refractivity contribution is -0.143. The highest BCUT2D eigenvalue weighted by atomic mass is 35.5. The zero-order valence-corrected chi connectivity index (χ0v) is 15.9. The van der Waals surface area contributed by atoms with E-state index in [0.717, 1.165) is 10.5 Å². The number of aliphatic carboxylic acids is 1. The summed E-state index contributed by atoms with van der Waals surface area (Å²) in [4.78, 5) is 25.7. The van der Waals surface area contributed by atoms with Crippen LogP contribution < -0.4 is 0 Å². The molecule has 2 aromatic rings. The molecule has 0 spiro atoms. The fourth-order valence-corrected chi connectivity index (χ4v) is 2.94. The highest BCUT2D eigenvalue weighted by molar-refractivity contribution is 6.33. The molecule has 0 aliphatic heterocycles. The topological polar surface area (TPSA) is 66.8 Å². The monoisotopic (exact) mass is 395 g/mol. The van der Waals surface area contributed by atoms with Crippen molar-refractivity contribution in [2.75, 3.05) is 0 Å². The molecule has 0 radical (unpaired) electrons. The average Bonchev–Trinajstić information content (AvgIpc) is 2.60. The zero-order valence-electron chi connectivity index (χ0n) is 14.4. The lowest BCUT2D eigenvalue weighted by atomic mass is 10.0. The van der Waals surface area contributed by atoms with Crippen LogP contribution in [0.5, 0.6) is 0 Å². The zero-order chi connectivity index (χ0) is 19.3. The first-order valence-corrected chi connectivity index (χ1v) is 8.73. The molecule has 0 fully saturated rings. The van der Waals surface area contributed by atoms with Gasteiger partial charge in [0.2, 0.25) is 0 Å². The third-order valence-corrected chi connectivity index (χ3v) is 4.32. The van der Waals surface area contributed by atoms with Crippen LogP contribution in [0.15, 0.2) is 48.5 Å². The van der Waals surface area contributed by atoms with Gasteiger partial charge in [-0.2, -0.15) is 0 Å². The summed E-state index contributed by atoms with van der Waals surface area (Å²) in [7, 11) is 0. The molecule has 0 bridgehead atoms. The van der Waals surface area contributed by atoms with Crippen LogP contribution in [0, 0.1) is 0 Å². The van der Waals surface area contributed by atoms with Gasteiger partial charge in [-0.25, -0.2) is 9.59 Å². The van der Waals surface area contributed by atoms with Crippen molar-refractivity contribution in [2.45, 2.75) is 32.5 Å². The molecule has 1 unspecified atom stereocenters. The van der Waals surface area contributed by atoms with Crippen molar-refractivity contribution >= 4 is 35.3 Å². The second kappa shape index (κ2) is 8.92. The molecule has 0 saturated heterocycles. The molecule has 0 aliphatic rings. The van der Waals surface area contributed by atoms with E-state index in [9.17, 15) is 14.7 Å². The summed E-state index contributed by atoms with van der Waals surface area (Å²) in [6.07, 6.45) is -0.743.